The zero-order valence-electron chi connectivity index (χ0n) is 9.94. The van der Waals surface area contributed by atoms with Crippen molar-refractivity contribution >= 4 is 6.09 Å². The Labute approximate surface area is 101 Å². The van der Waals surface area contributed by atoms with Gasteiger partial charge in [0, 0.05) is 13.0 Å². The molecule has 4 heteroatoms. The molecular weight excluding hydrogens is 218 g/mol. The molecule has 1 saturated heterocycles. The number of amides is 1. The Balaban J connectivity index is 1.75. The van der Waals surface area contributed by atoms with E-state index < -0.39 is 0 Å². The normalized spacial score (nSPS) is 19.0. The molecule has 1 aromatic rings. The van der Waals surface area contributed by atoms with E-state index in [0.717, 1.165) is 12.0 Å². The van der Waals surface area contributed by atoms with E-state index in [1.54, 1.807) is 0 Å². The number of rotatable bonds is 3. The second-order valence-corrected chi connectivity index (χ2v) is 4.23. The largest absolute Gasteiger partial charge is 0.444 e. The summed E-state index contributed by atoms with van der Waals surface area (Å²) in [5.41, 5.74) is 2.26. The Hall–Kier alpha value is -1.55. The minimum absolute atomic E-state index is 0.0903. The van der Waals surface area contributed by atoms with Crippen LogP contribution in [0.15, 0.2) is 24.3 Å². The number of carbonyl (C=O) groups is 1. The van der Waals surface area contributed by atoms with Crippen LogP contribution < -0.4 is 5.32 Å². The molecule has 1 aliphatic rings. The molecule has 0 aromatic heterocycles. The number of nitrogens with one attached hydrogen (secondary N) is 1. The first-order chi connectivity index (χ1) is 8.24. The Morgan fingerprint density at radius 1 is 1.59 bits per heavy atom. The summed E-state index contributed by atoms with van der Waals surface area (Å²) in [6.07, 6.45) is 0.326. The number of hydrogen-bond donors (Lipinski definition) is 1. The number of benzene rings is 1. The van der Waals surface area contributed by atoms with Gasteiger partial charge in [0.15, 0.2) is 0 Å². The van der Waals surface area contributed by atoms with Crippen molar-refractivity contribution < 1.29 is 14.3 Å². The maximum Gasteiger partial charge on any atom is 0.407 e. The summed E-state index contributed by atoms with van der Waals surface area (Å²) in [5.74, 6) is 0. The maximum atomic E-state index is 11.5. The van der Waals surface area contributed by atoms with Crippen LogP contribution in [0.25, 0.3) is 0 Å². The van der Waals surface area contributed by atoms with E-state index in [1.165, 1.54) is 5.56 Å². The molecule has 1 heterocycles. The molecule has 0 bridgehead atoms. The highest BCUT2D eigenvalue weighted by atomic mass is 16.6. The summed E-state index contributed by atoms with van der Waals surface area (Å²) in [7, 11) is 0. The highest BCUT2D eigenvalue weighted by molar-refractivity contribution is 5.67. The highest BCUT2D eigenvalue weighted by Gasteiger charge is 2.19. The lowest BCUT2D eigenvalue weighted by atomic mass is 10.1. The van der Waals surface area contributed by atoms with Crippen molar-refractivity contribution in [2.45, 2.75) is 26.0 Å². The number of aryl methyl sites for hydroxylation is 1. The monoisotopic (exact) mass is 235 g/mol. The Morgan fingerprint density at radius 3 is 3.18 bits per heavy atom. The predicted octanol–water partition coefficient (Wildman–Crippen LogP) is 2.01. The Kier molecular flexibility index (Phi) is 3.98. The van der Waals surface area contributed by atoms with Crippen molar-refractivity contribution in [1.29, 1.82) is 0 Å². The molecule has 1 fully saturated rings. The zero-order valence-corrected chi connectivity index (χ0v) is 9.94. The molecule has 4 nitrogen and oxygen atoms in total. The summed E-state index contributed by atoms with van der Waals surface area (Å²) in [6, 6.07) is 8.02. The van der Waals surface area contributed by atoms with Gasteiger partial charge in [0.2, 0.25) is 0 Å². The van der Waals surface area contributed by atoms with Gasteiger partial charge in [-0.2, -0.15) is 0 Å². The molecule has 1 atom stereocenters. The molecule has 1 amide bonds. The molecular formula is C13H17NO3. The smallest absolute Gasteiger partial charge is 0.407 e. The average molecular weight is 235 g/mol. The second kappa shape index (κ2) is 5.68. The van der Waals surface area contributed by atoms with Gasteiger partial charge in [-0.3, -0.25) is 0 Å². The van der Waals surface area contributed by atoms with Gasteiger partial charge in [-0.1, -0.05) is 29.8 Å². The van der Waals surface area contributed by atoms with Gasteiger partial charge < -0.3 is 14.8 Å². The Bertz CT molecular complexity index is 386. The molecule has 0 saturated carbocycles. The molecule has 2 rings (SSSR count). The fraction of sp³-hybridized carbons (Fsp3) is 0.462. The molecule has 1 aromatic carbocycles. The summed E-state index contributed by atoms with van der Waals surface area (Å²) in [6.45, 7) is 3.71. The number of hydrogen-bond acceptors (Lipinski definition) is 3. The summed E-state index contributed by atoms with van der Waals surface area (Å²) in [4.78, 5) is 11.5. The van der Waals surface area contributed by atoms with Crippen molar-refractivity contribution in [1.82, 2.24) is 5.32 Å². The van der Waals surface area contributed by atoms with E-state index in [9.17, 15) is 4.79 Å². The molecule has 0 spiro atoms. The second-order valence-electron chi connectivity index (χ2n) is 4.23. The van der Waals surface area contributed by atoms with Crippen molar-refractivity contribution in [3.63, 3.8) is 0 Å². The zero-order chi connectivity index (χ0) is 12.1. The van der Waals surface area contributed by atoms with E-state index in [4.69, 9.17) is 9.47 Å². The quantitative estimate of drug-likeness (QED) is 0.871. The average Bonchev–Trinajstić information content (AvgIpc) is 2.79. The number of ether oxygens (including phenoxy) is 2. The lowest BCUT2D eigenvalue weighted by molar-refractivity contribution is 0.0828. The lowest BCUT2D eigenvalue weighted by Gasteiger charge is -2.11. The molecule has 17 heavy (non-hydrogen) atoms. The summed E-state index contributed by atoms with van der Waals surface area (Å²) >= 11 is 0. The number of carbonyl (C=O) groups excluding carboxylic acids is 1. The van der Waals surface area contributed by atoms with Crippen LogP contribution in [-0.2, 0) is 16.0 Å². The van der Waals surface area contributed by atoms with E-state index >= 15 is 0 Å². The predicted molar refractivity (Wildman–Crippen MR) is 63.7 cm³/mol. The van der Waals surface area contributed by atoms with Gasteiger partial charge in [0.05, 0.1) is 13.2 Å². The van der Waals surface area contributed by atoms with Crippen molar-refractivity contribution in [3.8, 4) is 0 Å². The van der Waals surface area contributed by atoms with Crippen LogP contribution in [0.3, 0.4) is 0 Å². The molecule has 0 unspecified atom stereocenters. The first-order valence-electron chi connectivity index (χ1n) is 5.82. The summed E-state index contributed by atoms with van der Waals surface area (Å²) < 4.78 is 10.3. The van der Waals surface area contributed by atoms with Crippen LogP contribution in [-0.4, -0.2) is 25.4 Å². The van der Waals surface area contributed by atoms with E-state index in [0.29, 0.717) is 19.8 Å². The first kappa shape index (κ1) is 11.9. The van der Waals surface area contributed by atoms with E-state index in [1.807, 2.05) is 31.2 Å². The fourth-order valence-electron chi connectivity index (χ4n) is 1.80. The van der Waals surface area contributed by atoms with E-state index in [-0.39, 0.29) is 12.2 Å². The van der Waals surface area contributed by atoms with Crippen LogP contribution in [0.4, 0.5) is 4.79 Å². The van der Waals surface area contributed by atoms with Gasteiger partial charge in [-0.25, -0.2) is 4.79 Å². The number of alkyl carbamates (subject to hydrolysis) is 1. The van der Waals surface area contributed by atoms with Crippen molar-refractivity contribution in [2.24, 2.45) is 0 Å². The SMILES string of the molecule is Cc1cccc(CNC(=O)O[C@H]2CCOC2)c1. The van der Waals surface area contributed by atoms with Gasteiger partial charge >= 0.3 is 6.09 Å². The maximum absolute atomic E-state index is 11.5. The van der Waals surface area contributed by atoms with Crippen molar-refractivity contribution in [3.05, 3.63) is 35.4 Å². The van der Waals surface area contributed by atoms with Gasteiger partial charge in [-0.15, -0.1) is 0 Å². The van der Waals surface area contributed by atoms with Crippen LogP contribution in [0.1, 0.15) is 17.5 Å². The Morgan fingerprint density at radius 2 is 2.47 bits per heavy atom. The fourth-order valence-corrected chi connectivity index (χ4v) is 1.80. The molecule has 1 aliphatic heterocycles. The van der Waals surface area contributed by atoms with Gasteiger partial charge in [0.1, 0.15) is 6.10 Å². The van der Waals surface area contributed by atoms with Gasteiger partial charge in [0.25, 0.3) is 0 Å². The topological polar surface area (TPSA) is 47.6 Å². The standard InChI is InChI=1S/C13H17NO3/c1-10-3-2-4-11(7-10)8-14-13(15)17-12-5-6-16-9-12/h2-4,7,12H,5-6,8-9H2,1H3,(H,14,15)/t12-/m0/s1. The third-order valence-electron chi connectivity index (χ3n) is 2.68. The van der Waals surface area contributed by atoms with Crippen LogP contribution >= 0.6 is 0 Å². The van der Waals surface area contributed by atoms with Crippen molar-refractivity contribution in [2.75, 3.05) is 13.2 Å². The minimum atomic E-state index is -0.373. The van der Waals surface area contributed by atoms with Crippen LogP contribution in [0.2, 0.25) is 0 Å². The lowest BCUT2D eigenvalue weighted by Crippen LogP contribution is -2.28. The van der Waals surface area contributed by atoms with Gasteiger partial charge in [-0.05, 0) is 12.5 Å². The van der Waals surface area contributed by atoms with Crippen LogP contribution in [0.5, 0.6) is 0 Å². The third kappa shape index (κ3) is 3.75. The highest BCUT2D eigenvalue weighted by Crippen LogP contribution is 2.08. The molecule has 1 N–H and O–H groups in total. The van der Waals surface area contributed by atoms with Crippen LogP contribution in [0, 0.1) is 6.92 Å². The molecule has 0 radical (unpaired) electrons. The van der Waals surface area contributed by atoms with E-state index in [2.05, 4.69) is 5.32 Å². The molecule has 0 aliphatic carbocycles. The minimum Gasteiger partial charge on any atom is -0.444 e. The molecule has 92 valence electrons. The summed E-state index contributed by atoms with van der Waals surface area (Å²) in [5, 5.41) is 2.74. The first-order valence-corrected chi connectivity index (χ1v) is 5.82. The third-order valence-corrected chi connectivity index (χ3v) is 2.68.